The highest BCUT2D eigenvalue weighted by molar-refractivity contribution is 5.76. The SMILES string of the molecule is CCC(CC)N(CCO)C(=O)CCc1nc(C)no1. The summed E-state index contributed by atoms with van der Waals surface area (Å²) in [5.41, 5.74) is 0. The molecule has 0 aliphatic rings. The van der Waals surface area contributed by atoms with E-state index in [2.05, 4.69) is 10.1 Å². The van der Waals surface area contributed by atoms with E-state index >= 15 is 0 Å². The second kappa shape index (κ2) is 7.89. The highest BCUT2D eigenvalue weighted by atomic mass is 16.5. The third-order valence-electron chi connectivity index (χ3n) is 3.17. The molecule has 0 saturated heterocycles. The molecule has 1 amide bonds. The largest absolute Gasteiger partial charge is 0.395 e. The summed E-state index contributed by atoms with van der Waals surface area (Å²) < 4.78 is 4.99. The second-order valence-electron chi connectivity index (χ2n) is 4.52. The summed E-state index contributed by atoms with van der Waals surface area (Å²) in [6.07, 6.45) is 2.56. The summed E-state index contributed by atoms with van der Waals surface area (Å²) in [6.45, 7) is 6.22. The highest BCUT2D eigenvalue weighted by Gasteiger charge is 2.20. The van der Waals surface area contributed by atoms with Crippen LogP contribution in [0.1, 0.15) is 44.8 Å². The quantitative estimate of drug-likeness (QED) is 0.770. The van der Waals surface area contributed by atoms with Gasteiger partial charge in [-0.25, -0.2) is 0 Å². The predicted molar refractivity (Wildman–Crippen MR) is 70.5 cm³/mol. The number of aryl methyl sites for hydroxylation is 2. The molecule has 108 valence electrons. The Labute approximate surface area is 113 Å². The molecule has 0 unspecified atom stereocenters. The van der Waals surface area contributed by atoms with Crippen LogP contribution in [-0.4, -0.2) is 45.2 Å². The number of nitrogens with zero attached hydrogens (tertiary/aromatic N) is 3. The molecule has 1 heterocycles. The normalized spacial score (nSPS) is 11.0. The molecule has 1 aromatic rings. The van der Waals surface area contributed by atoms with Crippen molar-refractivity contribution in [1.82, 2.24) is 15.0 Å². The zero-order valence-electron chi connectivity index (χ0n) is 11.9. The number of amides is 1. The van der Waals surface area contributed by atoms with Crippen LogP contribution in [0.3, 0.4) is 0 Å². The first-order chi connectivity index (χ1) is 9.12. The van der Waals surface area contributed by atoms with Crippen LogP contribution in [0.2, 0.25) is 0 Å². The van der Waals surface area contributed by atoms with Crippen molar-refractivity contribution in [2.45, 2.75) is 52.5 Å². The number of aliphatic hydroxyl groups excluding tert-OH is 1. The fourth-order valence-corrected chi connectivity index (χ4v) is 2.15. The Morgan fingerprint density at radius 1 is 1.42 bits per heavy atom. The van der Waals surface area contributed by atoms with Gasteiger partial charge in [-0.1, -0.05) is 19.0 Å². The van der Waals surface area contributed by atoms with Crippen LogP contribution in [0.25, 0.3) is 0 Å². The lowest BCUT2D eigenvalue weighted by Gasteiger charge is -2.30. The third-order valence-corrected chi connectivity index (χ3v) is 3.17. The number of aromatic nitrogens is 2. The maximum absolute atomic E-state index is 12.2. The molecule has 0 spiro atoms. The molecule has 6 nitrogen and oxygen atoms in total. The van der Waals surface area contributed by atoms with Crippen molar-refractivity contribution in [3.8, 4) is 0 Å². The van der Waals surface area contributed by atoms with E-state index in [4.69, 9.17) is 9.63 Å². The fourth-order valence-electron chi connectivity index (χ4n) is 2.15. The Bertz CT molecular complexity index is 388. The Hall–Kier alpha value is -1.43. The summed E-state index contributed by atoms with van der Waals surface area (Å²) in [4.78, 5) is 18.0. The van der Waals surface area contributed by atoms with Gasteiger partial charge in [0.15, 0.2) is 5.82 Å². The average molecular weight is 269 g/mol. The molecule has 1 rings (SSSR count). The second-order valence-corrected chi connectivity index (χ2v) is 4.52. The van der Waals surface area contributed by atoms with Crippen molar-refractivity contribution in [2.24, 2.45) is 0 Å². The smallest absolute Gasteiger partial charge is 0.227 e. The van der Waals surface area contributed by atoms with E-state index in [1.54, 1.807) is 11.8 Å². The van der Waals surface area contributed by atoms with Gasteiger partial charge in [-0.15, -0.1) is 0 Å². The van der Waals surface area contributed by atoms with Gasteiger partial charge in [-0.3, -0.25) is 4.79 Å². The number of hydrogen-bond donors (Lipinski definition) is 1. The van der Waals surface area contributed by atoms with Gasteiger partial charge >= 0.3 is 0 Å². The van der Waals surface area contributed by atoms with Crippen LogP contribution >= 0.6 is 0 Å². The van der Waals surface area contributed by atoms with Crippen LogP contribution in [-0.2, 0) is 11.2 Å². The Balaban J connectivity index is 2.56. The fraction of sp³-hybridized carbons (Fsp3) is 0.769. The van der Waals surface area contributed by atoms with Gasteiger partial charge in [-0.05, 0) is 19.8 Å². The van der Waals surface area contributed by atoms with Gasteiger partial charge in [-0.2, -0.15) is 4.98 Å². The molecular formula is C13H23N3O3. The number of carbonyl (C=O) groups is 1. The minimum atomic E-state index is -0.0120. The third kappa shape index (κ3) is 4.63. The predicted octanol–water partition coefficient (Wildman–Crippen LogP) is 1.32. The number of carbonyl (C=O) groups excluding carboxylic acids is 1. The lowest BCUT2D eigenvalue weighted by Crippen LogP contribution is -2.41. The Morgan fingerprint density at radius 3 is 2.58 bits per heavy atom. The summed E-state index contributed by atoms with van der Waals surface area (Å²) in [7, 11) is 0. The van der Waals surface area contributed by atoms with Crippen LogP contribution < -0.4 is 0 Å². The van der Waals surface area contributed by atoms with Gasteiger partial charge in [0, 0.05) is 25.4 Å². The van der Waals surface area contributed by atoms with Crippen molar-refractivity contribution < 1.29 is 14.4 Å². The zero-order valence-corrected chi connectivity index (χ0v) is 11.9. The summed E-state index contributed by atoms with van der Waals surface area (Å²) in [5, 5.41) is 12.8. The van der Waals surface area contributed by atoms with Gasteiger partial charge in [0.1, 0.15) is 0 Å². The van der Waals surface area contributed by atoms with E-state index in [1.165, 1.54) is 0 Å². The van der Waals surface area contributed by atoms with Crippen LogP contribution in [0.15, 0.2) is 4.52 Å². The van der Waals surface area contributed by atoms with Crippen molar-refractivity contribution in [3.05, 3.63) is 11.7 Å². The van der Waals surface area contributed by atoms with E-state index in [0.717, 1.165) is 12.8 Å². The number of aliphatic hydroxyl groups is 1. The molecule has 6 heteroatoms. The number of rotatable bonds is 8. The van der Waals surface area contributed by atoms with Crippen LogP contribution in [0.4, 0.5) is 0 Å². The van der Waals surface area contributed by atoms with E-state index in [0.29, 0.717) is 31.1 Å². The first kappa shape index (κ1) is 15.6. The highest BCUT2D eigenvalue weighted by Crippen LogP contribution is 2.11. The van der Waals surface area contributed by atoms with E-state index in [-0.39, 0.29) is 18.6 Å². The van der Waals surface area contributed by atoms with Crippen molar-refractivity contribution in [3.63, 3.8) is 0 Å². The first-order valence-corrected chi connectivity index (χ1v) is 6.81. The summed E-state index contributed by atoms with van der Waals surface area (Å²) in [6, 6.07) is 0.184. The molecule has 0 atom stereocenters. The van der Waals surface area contributed by atoms with Gasteiger partial charge in [0.25, 0.3) is 0 Å². The maximum Gasteiger partial charge on any atom is 0.227 e. The minimum Gasteiger partial charge on any atom is -0.395 e. The zero-order chi connectivity index (χ0) is 14.3. The van der Waals surface area contributed by atoms with E-state index in [9.17, 15) is 4.79 Å². The minimum absolute atomic E-state index is 0.0120. The van der Waals surface area contributed by atoms with Crippen LogP contribution in [0.5, 0.6) is 0 Å². The summed E-state index contributed by atoms with van der Waals surface area (Å²) in [5.74, 6) is 1.09. The van der Waals surface area contributed by atoms with Crippen LogP contribution in [0, 0.1) is 6.92 Å². The standard InChI is InChI=1S/C13H23N3O3/c1-4-11(5-2)16(8-9-17)13(18)7-6-12-14-10(3)15-19-12/h11,17H,4-9H2,1-3H3. The topological polar surface area (TPSA) is 79.5 Å². The molecule has 0 aromatic carbocycles. The lowest BCUT2D eigenvalue weighted by atomic mass is 10.1. The Morgan fingerprint density at radius 2 is 2.11 bits per heavy atom. The monoisotopic (exact) mass is 269 g/mol. The average Bonchev–Trinajstić information content (AvgIpc) is 2.82. The molecule has 0 fully saturated rings. The molecule has 0 bridgehead atoms. The van der Waals surface area contributed by atoms with Gasteiger partial charge in [0.2, 0.25) is 11.8 Å². The Kier molecular flexibility index (Phi) is 6.49. The molecule has 0 radical (unpaired) electrons. The molecule has 1 aromatic heterocycles. The molecule has 0 aliphatic heterocycles. The van der Waals surface area contributed by atoms with Crippen molar-refractivity contribution >= 4 is 5.91 Å². The van der Waals surface area contributed by atoms with E-state index in [1.807, 2.05) is 13.8 Å². The molecular weight excluding hydrogens is 246 g/mol. The molecule has 1 N–H and O–H groups in total. The van der Waals surface area contributed by atoms with Crippen molar-refractivity contribution in [1.29, 1.82) is 0 Å². The molecule has 0 aliphatic carbocycles. The number of hydrogen-bond acceptors (Lipinski definition) is 5. The lowest BCUT2D eigenvalue weighted by molar-refractivity contribution is -0.134. The first-order valence-electron chi connectivity index (χ1n) is 6.81. The summed E-state index contributed by atoms with van der Waals surface area (Å²) >= 11 is 0. The molecule has 0 saturated carbocycles. The maximum atomic E-state index is 12.2. The van der Waals surface area contributed by atoms with Gasteiger partial charge in [0.05, 0.1) is 6.61 Å². The van der Waals surface area contributed by atoms with Crippen molar-refractivity contribution in [2.75, 3.05) is 13.2 Å². The van der Waals surface area contributed by atoms with E-state index < -0.39 is 0 Å². The molecule has 19 heavy (non-hydrogen) atoms. The van der Waals surface area contributed by atoms with Gasteiger partial charge < -0.3 is 14.5 Å².